The minimum atomic E-state index is -2.87. The Kier molecular flexibility index (Phi) is 6.23. The number of nitrogens with two attached hydrogens (primary N) is 1. The van der Waals surface area contributed by atoms with Gasteiger partial charge in [0, 0.05) is 55.0 Å². The van der Waals surface area contributed by atoms with E-state index in [2.05, 4.69) is 15.6 Å². The number of aromatic nitrogens is 1. The Balaban J connectivity index is 2.35. The predicted molar refractivity (Wildman–Crippen MR) is 106 cm³/mol. The molecule has 1 heterocycles. The molecule has 0 aliphatic heterocycles. The van der Waals surface area contributed by atoms with Crippen molar-refractivity contribution in [1.82, 2.24) is 10.3 Å². The zero-order valence-corrected chi connectivity index (χ0v) is 15.1. The number of allylic oxidation sites excluding steroid dienone is 1. The number of hydrogen-bond acceptors (Lipinski definition) is 6. The van der Waals surface area contributed by atoms with Gasteiger partial charge in [-0.25, -0.2) is 13.8 Å². The van der Waals surface area contributed by atoms with Crippen molar-refractivity contribution in [3.05, 3.63) is 59.4 Å². The summed E-state index contributed by atoms with van der Waals surface area (Å²) >= 11 is 0. The molecule has 0 amide bonds. The minimum absolute atomic E-state index is 0.136. The Morgan fingerprint density at radius 2 is 2.00 bits per heavy atom. The van der Waals surface area contributed by atoms with Gasteiger partial charge in [0.15, 0.2) is 0 Å². The summed E-state index contributed by atoms with van der Waals surface area (Å²) in [5.41, 5.74) is 8.91. The molecule has 1 aromatic carbocycles. The Morgan fingerprint density at radius 1 is 1.26 bits per heavy atom. The molecule has 0 aliphatic rings. The number of nitrogens with zero attached hydrogens (tertiary/aromatic N) is 1. The van der Waals surface area contributed by atoms with Crippen molar-refractivity contribution in [3.63, 3.8) is 0 Å². The number of halogens is 2. The average molecular weight is 372 g/mol. The normalized spacial score (nSPS) is 11.8. The Hall–Kier alpha value is -3.29. The molecule has 27 heavy (non-hydrogen) atoms. The summed E-state index contributed by atoms with van der Waals surface area (Å²) in [4.78, 5) is 4.00. The molecule has 0 bridgehead atoms. The second-order valence-corrected chi connectivity index (χ2v) is 6.06. The van der Waals surface area contributed by atoms with Gasteiger partial charge in [-0.3, -0.25) is 5.41 Å². The molecule has 0 spiro atoms. The van der Waals surface area contributed by atoms with Crippen LogP contribution in [-0.4, -0.2) is 36.4 Å². The molecule has 142 valence electrons. The number of nitrogen functional groups attached to an aromatic ring is 1. The van der Waals surface area contributed by atoms with E-state index in [1.54, 1.807) is 37.5 Å². The highest BCUT2D eigenvalue weighted by molar-refractivity contribution is 6.15. The van der Waals surface area contributed by atoms with Crippen LogP contribution in [0.3, 0.4) is 0 Å². The Morgan fingerprint density at radius 3 is 2.63 bits per heavy atom. The summed E-state index contributed by atoms with van der Waals surface area (Å²) in [5, 5.41) is 21.4. The van der Waals surface area contributed by atoms with Crippen molar-refractivity contribution >= 4 is 29.0 Å². The number of rotatable bonds is 8. The van der Waals surface area contributed by atoms with Crippen LogP contribution in [0.4, 0.5) is 20.3 Å². The first kappa shape index (κ1) is 20.0. The standard InChI is InChI=1S/C19H22F2N6/c1-19(20,21)11-27-17-8-13(5-6-26-17)18(24)15-7-12(3-4-16(15)23)14(9-22)10-25-2/h3-10,22,24-25H,11,23H2,1-2H3,(H,26,27)/b14-10+,22-9?,24-18?. The van der Waals surface area contributed by atoms with Crippen LogP contribution in [-0.2, 0) is 0 Å². The maximum absolute atomic E-state index is 13.0. The van der Waals surface area contributed by atoms with Crippen molar-refractivity contribution in [3.8, 4) is 0 Å². The summed E-state index contributed by atoms with van der Waals surface area (Å²) in [6.07, 6.45) is 4.32. The van der Waals surface area contributed by atoms with Crippen LogP contribution in [0.5, 0.6) is 0 Å². The highest BCUT2D eigenvalue weighted by Crippen LogP contribution is 2.23. The lowest BCUT2D eigenvalue weighted by Crippen LogP contribution is -2.23. The maximum atomic E-state index is 13.0. The lowest BCUT2D eigenvalue weighted by Gasteiger charge is -2.14. The second-order valence-electron chi connectivity index (χ2n) is 6.06. The molecule has 8 heteroatoms. The Labute approximate surface area is 156 Å². The lowest BCUT2D eigenvalue weighted by atomic mass is 9.97. The maximum Gasteiger partial charge on any atom is 0.262 e. The number of pyridine rings is 1. The van der Waals surface area contributed by atoms with Gasteiger partial charge in [-0.15, -0.1) is 0 Å². The fraction of sp³-hybridized carbons (Fsp3) is 0.211. The van der Waals surface area contributed by atoms with Crippen LogP contribution < -0.4 is 16.4 Å². The van der Waals surface area contributed by atoms with Gasteiger partial charge in [0.05, 0.1) is 12.3 Å². The average Bonchev–Trinajstić information content (AvgIpc) is 2.64. The van der Waals surface area contributed by atoms with E-state index in [0.717, 1.165) is 12.5 Å². The van der Waals surface area contributed by atoms with Crippen molar-refractivity contribution in [2.24, 2.45) is 0 Å². The van der Waals surface area contributed by atoms with E-state index in [-0.39, 0.29) is 11.5 Å². The van der Waals surface area contributed by atoms with Crippen LogP contribution in [0.15, 0.2) is 42.7 Å². The largest absolute Gasteiger partial charge is 0.398 e. The molecule has 0 radical (unpaired) electrons. The number of hydrogen-bond donors (Lipinski definition) is 5. The summed E-state index contributed by atoms with van der Waals surface area (Å²) < 4.78 is 26.0. The van der Waals surface area contributed by atoms with Gasteiger partial charge in [0.2, 0.25) is 0 Å². The van der Waals surface area contributed by atoms with Crippen molar-refractivity contribution < 1.29 is 8.78 Å². The van der Waals surface area contributed by atoms with Gasteiger partial charge in [-0.05, 0) is 29.8 Å². The zero-order valence-electron chi connectivity index (χ0n) is 15.1. The van der Waals surface area contributed by atoms with Crippen LogP contribution >= 0.6 is 0 Å². The van der Waals surface area contributed by atoms with Crippen LogP contribution in [0.2, 0.25) is 0 Å². The molecule has 2 aromatic rings. The van der Waals surface area contributed by atoms with E-state index >= 15 is 0 Å². The van der Waals surface area contributed by atoms with E-state index < -0.39 is 12.5 Å². The molecule has 0 fully saturated rings. The first-order chi connectivity index (χ1) is 12.7. The summed E-state index contributed by atoms with van der Waals surface area (Å²) in [6.45, 7) is 0.267. The molecule has 0 saturated carbocycles. The molecule has 2 rings (SSSR count). The van der Waals surface area contributed by atoms with Crippen molar-refractivity contribution in [2.75, 3.05) is 24.6 Å². The van der Waals surface area contributed by atoms with E-state index in [1.165, 1.54) is 18.5 Å². The molecule has 0 atom stereocenters. The third kappa shape index (κ3) is 5.34. The monoisotopic (exact) mass is 372 g/mol. The summed E-state index contributed by atoms with van der Waals surface area (Å²) in [7, 11) is 1.73. The number of nitrogens with one attached hydrogen (secondary N) is 4. The number of alkyl halides is 2. The molecular formula is C19H22F2N6. The fourth-order valence-electron chi connectivity index (χ4n) is 2.40. The fourth-order valence-corrected chi connectivity index (χ4v) is 2.40. The minimum Gasteiger partial charge on any atom is -0.398 e. The van der Waals surface area contributed by atoms with E-state index in [4.69, 9.17) is 16.6 Å². The number of anilines is 2. The van der Waals surface area contributed by atoms with Gasteiger partial charge >= 0.3 is 0 Å². The quantitative estimate of drug-likeness (QED) is 0.361. The second kappa shape index (κ2) is 8.39. The lowest BCUT2D eigenvalue weighted by molar-refractivity contribution is 0.0367. The highest BCUT2D eigenvalue weighted by atomic mass is 19.3. The van der Waals surface area contributed by atoms with E-state index in [9.17, 15) is 8.78 Å². The summed E-state index contributed by atoms with van der Waals surface area (Å²) in [6, 6.07) is 8.30. The smallest absolute Gasteiger partial charge is 0.262 e. The zero-order chi connectivity index (χ0) is 20.0. The molecule has 0 unspecified atom stereocenters. The van der Waals surface area contributed by atoms with Crippen molar-refractivity contribution in [2.45, 2.75) is 12.8 Å². The molecular weight excluding hydrogens is 350 g/mol. The molecule has 6 nitrogen and oxygen atoms in total. The topological polar surface area (TPSA) is 111 Å². The summed E-state index contributed by atoms with van der Waals surface area (Å²) in [5.74, 6) is -2.61. The van der Waals surface area contributed by atoms with Gasteiger partial charge in [0.25, 0.3) is 5.92 Å². The first-order valence-electron chi connectivity index (χ1n) is 8.20. The first-order valence-corrected chi connectivity index (χ1v) is 8.20. The van der Waals surface area contributed by atoms with Gasteiger partial charge in [0.1, 0.15) is 5.82 Å². The van der Waals surface area contributed by atoms with Crippen LogP contribution in [0.25, 0.3) is 5.57 Å². The molecule has 0 saturated heterocycles. The third-order valence-electron chi connectivity index (χ3n) is 3.74. The van der Waals surface area contributed by atoms with Gasteiger partial charge in [-0.2, -0.15) is 0 Å². The van der Waals surface area contributed by atoms with Crippen molar-refractivity contribution in [1.29, 1.82) is 10.8 Å². The highest BCUT2D eigenvalue weighted by Gasteiger charge is 2.20. The molecule has 6 N–H and O–H groups in total. The predicted octanol–water partition coefficient (Wildman–Crippen LogP) is 3.36. The van der Waals surface area contributed by atoms with Crippen LogP contribution in [0.1, 0.15) is 23.6 Å². The van der Waals surface area contributed by atoms with E-state index in [0.29, 0.717) is 22.4 Å². The Bertz CT molecular complexity index is 871. The van der Waals surface area contributed by atoms with Gasteiger partial charge < -0.3 is 21.8 Å². The van der Waals surface area contributed by atoms with Gasteiger partial charge in [-0.1, -0.05) is 6.07 Å². The van der Waals surface area contributed by atoms with Crippen LogP contribution in [0, 0.1) is 10.8 Å². The van der Waals surface area contributed by atoms with E-state index in [1.807, 2.05) is 0 Å². The SMILES string of the molecule is CN/C=C(\C=N)c1ccc(N)c(C(=N)c2ccnc(NCC(C)(F)F)c2)c1. The number of benzene rings is 1. The molecule has 0 aliphatic carbocycles. The molecule has 1 aromatic heterocycles. The third-order valence-corrected chi connectivity index (χ3v) is 3.74.